The molecule has 0 bridgehead atoms. The number of hydrogen-bond donors (Lipinski definition) is 1. The van der Waals surface area contributed by atoms with Crippen LogP contribution in [0.15, 0.2) is 23.3 Å². The molecule has 3 aromatic rings. The van der Waals surface area contributed by atoms with E-state index >= 15 is 0 Å². The molecule has 5 heterocycles. The fourth-order valence-corrected chi connectivity index (χ4v) is 4.97. The highest BCUT2D eigenvalue weighted by molar-refractivity contribution is 5.88. The maximum Gasteiger partial charge on any atom is 0.253 e. The van der Waals surface area contributed by atoms with E-state index in [0.717, 1.165) is 72.8 Å². The molecule has 0 amide bonds. The number of H-pyrrole nitrogens is 1. The second-order valence-corrected chi connectivity index (χ2v) is 9.39. The van der Waals surface area contributed by atoms with Crippen LogP contribution in [-0.4, -0.2) is 56.8 Å². The van der Waals surface area contributed by atoms with E-state index in [2.05, 4.69) is 23.7 Å². The summed E-state index contributed by atoms with van der Waals surface area (Å²) >= 11 is 0. The summed E-state index contributed by atoms with van der Waals surface area (Å²) in [4.78, 5) is 28.1. The number of likely N-dealkylation sites (tertiary alicyclic amines) is 1. The number of aromatic nitrogens is 4. The Morgan fingerprint density at radius 3 is 2.58 bits per heavy atom. The first kappa shape index (κ1) is 20.4. The van der Waals surface area contributed by atoms with Crippen molar-refractivity contribution < 1.29 is 4.74 Å². The van der Waals surface area contributed by atoms with Crippen LogP contribution in [-0.2, 0) is 11.8 Å². The maximum atomic E-state index is 12.2. The Balaban J connectivity index is 1.50. The van der Waals surface area contributed by atoms with Crippen molar-refractivity contribution in [3.8, 4) is 11.3 Å². The van der Waals surface area contributed by atoms with Gasteiger partial charge in [0.25, 0.3) is 5.56 Å². The van der Waals surface area contributed by atoms with Crippen molar-refractivity contribution in [1.29, 1.82) is 0 Å². The summed E-state index contributed by atoms with van der Waals surface area (Å²) in [5.41, 5.74) is 5.99. The molecule has 2 aliphatic heterocycles. The molecule has 7 heteroatoms. The van der Waals surface area contributed by atoms with E-state index in [0.29, 0.717) is 17.9 Å². The largest absolute Gasteiger partial charge is 0.378 e. The number of piperidine rings is 1. The van der Waals surface area contributed by atoms with Gasteiger partial charge in [0.15, 0.2) is 0 Å². The second kappa shape index (κ2) is 7.88. The maximum absolute atomic E-state index is 12.2. The monoisotopic (exact) mass is 421 g/mol. The van der Waals surface area contributed by atoms with Crippen molar-refractivity contribution in [2.24, 2.45) is 7.05 Å². The van der Waals surface area contributed by atoms with Gasteiger partial charge in [-0.25, -0.2) is 9.97 Å². The highest BCUT2D eigenvalue weighted by atomic mass is 16.5. The van der Waals surface area contributed by atoms with E-state index in [9.17, 15) is 4.79 Å². The lowest BCUT2D eigenvalue weighted by atomic mass is 9.94. The van der Waals surface area contributed by atoms with Gasteiger partial charge in [0.2, 0.25) is 0 Å². The Morgan fingerprint density at radius 2 is 1.97 bits per heavy atom. The number of hydrogen-bond acceptors (Lipinski definition) is 5. The Kier molecular flexibility index (Phi) is 5.18. The summed E-state index contributed by atoms with van der Waals surface area (Å²) in [6.45, 7) is 10.2. The molecule has 0 atom stereocenters. The van der Waals surface area contributed by atoms with E-state index in [4.69, 9.17) is 14.7 Å². The quantitative estimate of drug-likeness (QED) is 0.699. The molecule has 0 radical (unpaired) electrons. The molecule has 3 aromatic heterocycles. The number of nitrogens with one attached hydrogen (secondary N) is 1. The minimum atomic E-state index is 0.0350. The summed E-state index contributed by atoms with van der Waals surface area (Å²) in [5.74, 6) is 1.66. The predicted octanol–water partition coefficient (Wildman–Crippen LogP) is 3.33. The van der Waals surface area contributed by atoms with Gasteiger partial charge in [-0.2, -0.15) is 0 Å². The van der Waals surface area contributed by atoms with Crippen LogP contribution in [0, 0.1) is 6.92 Å². The van der Waals surface area contributed by atoms with Gasteiger partial charge in [-0.3, -0.25) is 9.69 Å². The standard InChI is InChI=1S/C24H31N5O2/c1-14(2)20-21(17-9-15(3)24(30)28(4)11-17)26-19-10-25-23(27-22(19)20)16-5-7-29(8-6-16)18-12-31-13-18/h9-11,14,16,18,26H,5-8,12-13H2,1-4H3. The Bertz CT molecular complexity index is 1140. The highest BCUT2D eigenvalue weighted by Crippen LogP contribution is 2.36. The van der Waals surface area contributed by atoms with Gasteiger partial charge in [0.05, 0.1) is 42.2 Å². The van der Waals surface area contributed by atoms with Gasteiger partial charge in [-0.05, 0) is 44.8 Å². The van der Waals surface area contributed by atoms with Gasteiger partial charge >= 0.3 is 0 Å². The number of fused-ring (bicyclic) bond motifs is 1. The second-order valence-electron chi connectivity index (χ2n) is 9.39. The molecule has 31 heavy (non-hydrogen) atoms. The first-order valence-corrected chi connectivity index (χ1v) is 11.3. The normalized spacial score (nSPS) is 18.7. The van der Waals surface area contributed by atoms with E-state index in [1.54, 1.807) is 11.6 Å². The zero-order valence-electron chi connectivity index (χ0n) is 18.8. The van der Waals surface area contributed by atoms with Crippen LogP contribution in [0.25, 0.3) is 22.3 Å². The number of rotatable bonds is 4. The van der Waals surface area contributed by atoms with Gasteiger partial charge in [-0.1, -0.05) is 13.8 Å². The zero-order valence-corrected chi connectivity index (χ0v) is 18.8. The summed E-state index contributed by atoms with van der Waals surface area (Å²) in [7, 11) is 1.80. The van der Waals surface area contributed by atoms with Crippen LogP contribution >= 0.6 is 0 Å². The fraction of sp³-hybridized carbons (Fsp3) is 0.542. The van der Waals surface area contributed by atoms with Crippen molar-refractivity contribution in [3.63, 3.8) is 0 Å². The first-order valence-electron chi connectivity index (χ1n) is 11.3. The number of nitrogens with zero attached hydrogens (tertiary/aromatic N) is 4. The minimum Gasteiger partial charge on any atom is -0.378 e. The average molecular weight is 422 g/mol. The molecule has 0 spiro atoms. The molecule has 1 N–H and O–H groups in total. The molecular weight excluding hydrogens is 390 g/mol. The predicted molar refractivity (Wildman–Crippen MR) is 122 cm³/mol. The van der Waals surface area contributed by atoms with Gasteiger partial charge in [0.1, 0.15) is 5.82 Å². The molecule has 7 nitrogen and oxygen atoms in total. The third-order valence-electron chi connectivity index (χ3n) is 6.85. The summed E-state index contributed by atoms with van der Waals surface area (Å²) in [5, 5.41) is 0. The lowest BCUT2D eigenvalue weighted by Gasteiger charge is -2.41. The van der Waals surface area contributed by atoms with Crippen molar-refractivity contribution >= 4 is 11.0 Å². The van der Waals surface area contributed by atoms with Crippen LogP contribution in [0.3, 0.4) is 0 Å². The topological polar surface area (TPSA) is 76.0 Å². The Labute approximate surface area is 182 Å². The SMILES string of the molecule is Cc1cc(-c2[nH]c3cnc(C4CCN(C5COC5)CC4)nc3c2C(C)C)cn(C)c1=O. The average Bonchev–Trinajstić information content (AvgIpc) is 3.10. The third-order valence-corrected chi connectivity index (χ3v) is 6.85. The summed E-state index contributed by atoms with van der Waals surface area (Å²) < 4.78 is 7.01. The van der Waals surface area contributed by atoms with E-state index in [-0.39, 0.29) is 5.56 Å². The molecule has 0 saturated carbocycles. The minimum absolute atomic E-state index is 0.0350. The number of aryl methyl sites for hydroxylation is 2. The molecule has 2 fully saturated rings. The molecule has 0 aromatic carbocycles. The van der Waals surface area contributed by atoms with Crippen LogP contribution in [0.4, 0.5) is 0 Å². The van der Waals surface area contributed by atoms with Crippen molar-refractivity contribution in [1.82, 2.24) is 24.4 Å². The van der Waals surface area contributed by atoms with E-state index < -0.39 is 0 Å². The highest BCUT2D eigenvalue weighted by Gasteiger charge is 2.31. The van der Waals surface area contributed by atoms with Gasteiger partial charge in [-0.15, -0.1) is 0 Å². The van der Waals surface area contributed by atoms with Crippen LogP contribution in [0.1, 0.15) is 55.5 Å². The first-order chi connectivity index (χ1) is 14.9. The molecular formula is C24H31N5O2. The van der Waals surface area contributed by atoms with E-state index in [1.165, 1.54) is 5.56 Å². The summed E-state index contributed by atoms with van der Waals surface area (Å²) in [6, 6.07) is 2.57. The van der Waals surface area contributed by atoms with Gasteiger partial charge < -0.3 is 14.3 Å². The molecule has 2 saturated heterocycles. The van der Waals surface area contributed by atoms with Crippen LogP contribution < -0.4 is 5.56 Å². The molecule has 5 rings (SSSR count). The van der Waals surface area contributed by atoms with Crippen LogP contribution in [0.2, 0.25) is 0 Å². The number of aromatic amines is 1. The number of pyridine rings is 1. The molecule has 164 valence electrons. The lowest BCUT2D eigenvalue weighted by molar-refractivity contribution is -0.0714. The van der Waals surface area contributed by atoms with Crippen molar-refractivity contribution in [3.05, 3.63) is 45.8 Å². The van der Waals surface area contributed by atoms with Crippen molar-refractivity contribution in [2.45, 2.75) is 51.5 Å². The molecule has 0 unspecified atom stereocenters. The zero-order chi connectivity index (χ0) is 21.7. The molecule has 2 aliphatic rings. The smallest absolute Gasteiger partial charge is 0.253 e. The lowest BCUT2D eigenvalue weighted by Crippen LogP contribution is -2.51. The van der Waals surface area contributed by atoms with Gasteiger partial charge in [0, 0.05) is 35.9 Å². The van der Waals surface area contributed by atoms with E-state index in [1.807, 2.05) is 25.4 Å². The third kappa shape index (κ3) is 3.59. The Morgan fingerprint density at radius 1 is 1.23 bits per heavy atom. The Hall–Kier alpha value is -2.51. The van der Waals surface area contributed by atoms with Crippen LogP contribution in [0.5, 0.6) is 0 Å². The number of ether oxygens (including phenoxy) is 1. The summed E-state index contributed by atoms with van der Waals surface area (Å²) in [6.07, 6.45) is 6.03. The molecule has 0 aliphatic carbocycles. The fourth-order valence-electron chi connectivity index (χ4n) is 4.97. The van der Waals surface area contributed by atoms with Crippen molar-refractivity contribution in [2.75, 3.05) is 26.3 Å².